The number of carbonyl (C=O) groups is 1. The van der Waals surface area contributed by atoms with Gasteiger partial charge < -0.3 is 10.0 Å². The standard InChI is InChI=1S/C11H12FNO2/c12-9-2-1-3-10(6-9)13-5-4-8(7-13)11(14)15/h1-3,6,8H,4-5,7H2,(H,14,15)/t8-/m0/s1. The van der Waals surface area contributed by atoms with Gasteiger partial charge in [-0.05, 0) is 24.6 Å². The quantitative estimate of drug-likeness (QED) is 0.806. The van der Waals surface area contributed by atoms with E-state index in [-0.39, 0.29) is 11.7 Å². The number of rotatable bonds is 2. The Bertz CT molecular complexity index is 381. The molecular formula is C11H12FNO2. The van der Waals surface area contributed by atoms with Crippen molar-refractivity contribution in [2.24, 2.45) is 5.92 Å². The Labute approximate surface area is 87.1 Å². The zero-order valence-corrected chi connectivity index (χ0v) is 8.19. The molecule has 0 radical (unpaired) electrons. The van der Waals surface area contributed by atoms with Crippen LogP contribution in [0.15, 0.2) is 24.3 Å². The van der Waals surface area contributed by atoms with Crippen LogP contribution in [0.4, 0.5) is 10.1 Å². The monoisotopic (exact) mass is 209 g/mol. The lowest BCUT2D eigenvalue weighted by molar-refractivity contribution is -0.140. The van der Waals surface area contributed by atoms with E-state index in [9.17, 15) is 9.18 Å². The van der Waals surface area contributed by atoms with Gasteiger partial charge in [0, 0.05) is 18.8 Å². The van der Waals surface area contributed by atoms with E-state index in [2.05, 4.69) is 0 Å². The first-order valence-corrected chi connectivity index (χ1v) is 4.90. The van der Waals surface area contributed by atoms with E-state index in [4.69, 9.17) is 5.11 Å². The van der Waals surface area contributed by atoms with Crippen molar-refractivity contribution in [1.29, 1.82) is 0 Å². The van der Waals surface area contributed by atoms with Gasteiger partial charge in [-0.25, -0.2) is 4.39 Å². The molecule has 1 aromatic rings. The van der Waals surface area contributed by atoms with Gasteiger partial charge in [0.2, 0.25) is 0 Å². The summed E-state index contributed by atoms with van der Waals surface area (Å²) >= 11 is 0. The van der Waals surface area contributed by atoms with Crippen LogP contribution in [0.5, 0.6) is 0 Å². The van der Waals surface area contributed by atoms with Crippen LogP contribution in [0, 0.1) is 11.7 Å². The molecule has 1 heterocycles. The van der Waals surface area contributed by atoms with Gasteiger partial charge in [0.1, 0.15) is 5.82 Å². The van der Waals surface area contributed by atoms with Gasteiger partial charge in [-0.1, -0.05) is 6.07 Å². The Kier molecular flexibility index (Phi) is 2.58. The van der Waals surface area contributed by atoms with Crippen molar-refractivity contribution in [3.63, 3.8) is 0 Å². The number of anilines is 1. The summed E-state index contributed by atoms with van der Waals surface area (Å²) in [5.74, 6) is -1.38. The van der Waals surface area contributed by atoms with Crippen LogP contribution < -0.4 is 4.90 Å². The number of nitrogens with zero attached hydrogens (tertiary/aromatic N) is 1. The summed E-state index contributed by atoms with van der Waals surface area (Å²) in [5.41, 5.74) is 0.763. The van der Waals surface area contributed by atoms with Gasteiger partial charge in [0.25, 0.3) is 0 Å². The second-order valence-electron chi connectivity index (χ2n) is 3.75. The van der Waals surface area contributed by atoms with Crippen molar-refractivity contribution >= 4 is 11.7 Å². The van der Waals surface area contributed by atoms with Crippen LogP contribution >= 0.6 is 0 Å². The molecule has 15 heavy (non-hydrogen) atoms. The van der Waals surface area contributed by atoms with Crippen molar-refractivity contribution in [2.45, 2.75) is 6.42 Å². The summed E-state index contributed by atoms with van der Waals surface area (Å²) in [6.45, 7) is 1.15. The maximum absolute atomic E-state index is 12.9. The fourth-order valence-corrected chi connectivity index (χ4v) is 1.87. The van der Waals surface area contributed by atoms with Crippen LogP contribution in [0.1, 0.15) is 6.42 Å². The first-order valence-electron chi connectivity index (χ1n) is 4.90. The van der Waals surface area contributed by atoms with Crippen LogP contribution in [0.25, 0.3) is 0 Å². The number of hydrogen-bond donors (Lipinski definition) is 1. The summed E-state index contributed by atoms with van der Waals surface area (Å²) in [6.07, 6.45) is 0.631. The minimum Gasteiger partial charge on any atom is -0.481 e. The molecule has 4 heteroatoms. The number of carboxylic acid groups (broad SMARTS) is 1. The predicted molar refractivity (Wildman–Crippen MR) is 54.4 cm³/mol. The lowest BCUT2D eigenvalue weighted by Gasteiger charge is -2.17. The Morgan fingerprint density at radius 3 is 2.93 bits per heavy atom. The highest BCUT2D eigenvalue weighted by Crippen LogP contribution is 2.24. The molecule has 0 amide bonds. The van der Waals surface area contributed by atoms with Crippen LogP contribution in [0.3, 0.4) is 0 Å². The van der Waals surface area contributed by atoms with Gasteiger partial charge in [-0.3, -0.25) is 4.79 Å². The van der Waals surface area contributed by atoms with Crippen LogP contribution in [-0.2, 0) is 4.79 Å². The summed E-state index contributed by atoms with van der Waals surface area (Å²) in [4.78, 5) is 12.6. The van der Waals surface area contributed by atoms with Gasteiger partial charge in [0.15, 0.2) is 0 Å². The van der Waals surface area contributed by atoms with E-state index in [1.54, 1.807) is 12.1 Å². The van der Waals surface area contributed by atoms with Crippen molar-refractivity contribution in [2.75, 3.05) is 18.0 Å². The summed E-state index contributed by atoms with van der Waals surface area (Å²) in [7, 11) is 0. The first kappa shape index (κ1) is 9.96. The topological polar surface area (TPSA) is 40.5 Å². The minimum absolute atomic E-state index is 0.286. The maximum atomic E-state index is 12.9. The average Bonchev–Trinajstić information content (AvgIpc) is 2.66. The van der Waals surface area contributed by atoms with Gasteiger partial charge in [0.05, 0.1) is 5.92 Å². The number of carboxylic acids is 1. The Morgan fingerprint density at radius 2 is 2.33 bits per heavy atom. The fraction of sp³-hybridized carbons (Fsp3) is 0.364. The third-order valence-corrected chi connectivity index (χ3v) is 2.71. The molecule has 1 aliphatic rings. The van der Waals surface area contributed by atoms with Crippen LogP contribution in [0.2, 0.25) is 0 Å². The molecule has 0 spiro atoms. The lowest BCUT2D eigenvalue weighted by Crippen LogP contribution is -2.22. The molecule has 1 saturated heterocycles. The normalized spacial score (nSPS) is 20.6. The second kappa shape index (κ2) is 3.88. The van der Waals surface area contributed by atoms with E-state index >= 15 is 0 Å². The van der Waals surface area contributed by atoms with Crippen molar-refractivity contribution in [1.82, 2.24) is 0 Å². The average molecular weight is 209 g/mol. The lowest BCUT2D eigenvalue weighted by atomic mass is 10.1. The molecule has 1 N–H and O–H groups in total. The fourth-order valence-electron chi connectivity index (χ4n) is 1.87. The number of benzene rings is 1. The molecule has 0 bridgehead atoms. The zero-order chi connectivity index (χ0) is 10.8. The van der Waals surface area contributed by atoms with Gasteiger partial charge in [-0.2, -0.15) is 0 Å². The van der Waals surface area contributed by atoms with Crippen molar-refractivity contribution in [3.8, 4) is 0 Å². The highest BCUT2D eigenvalue weighted by Gasteiger charge is 2.27. The highest BCUT2D eigenvalue weighted by atomic mass is 19.1. The molecule has 0 aromatic heterocycles. The zero-order valence-electron chi connectivity index (χ0n) is 8.19. The molecule has 3 nitrogen and oxygen atoms in total. The molecule has 1 fully saturated rings. The molecule has 1 aliphatic heterocycles. The van der Waals surface area contributed by atoms with E-state index in [1.807, 2.05) is 4.90 Å². The van der Waals surface area contributed by atoms with E-state index in [0.29, 0.717) is 19.5 Å². The SMILES string of the molecule is O=C(O)[C@H]1CCN(c2cccc(F)c2)C1. The number of hydrogen-bond acceptors (Lipinski definition) is 2. The van der Waals surface area contributed by atoms with E-state index in [0.717, 1.165) is 5.69 Å². The molecule has 0 unspecified atom stereocenters. The number of halogens is 1. The van der Waals surface area contributed by atoms with Gasteiger partial charge >= 0.3 is 5.97 Å². The molecule has 0 saturated carbocycles. The van der Waals surface area contributed by atoms with E-state index in [1.165, 1.54) is 12.1 Å². The largest absolute Gasteiger partial charge is 0.481 e. The maximum Gasteiger partial charge on any atom is 0.308 e. The van der Waals surface area contributed by atoms with Crippen molar-refractivity contribution < 1.29 is 14.3 Å². The molecular weight excluding hydrogens is 197 g/mol. The van der Waals surface area contributed by atoms with Crippen LogP contribution in [-0.4, -0.2) is 24.2 Å². The van der Waals surface area contributed by atoms with Gasteiger partial charge in [-0.15, -0.1) is 0 Å². The Hall–Kier alpha value is -1.58. The smallest absolute Gasteiger partial charge is 0.308 e. The number of aliphatic carboxylic acids is 1. The van der Waals surface area contributed by atoms with E-state index < -0.39 is 5.97 Å². The summed E-state index contributed by atoms with van der Waals surface area (Å²) in [6, 6.07) is 6.25. The van der Waals surface area contributed by atoms with Crippen molar-refractivity contribution in [3.05, 3.63) is 30.1 Å². The molecule has 1 atom stereocenters. The first-order chi connectivity index (χ1) is 7.16. The Balaban J connectivity index is 2.11. The third kappa shape index (κ3) is 2.09. The highest BCUT2D eigenvalue weighted by molar-refractivity contribution is 5.72. The minimum atomic E-state index is -0.770. The molecule has 80 valence electrons. The predicted octanol–water partition coefficient (Wildman–Crippen LogP) is 1.74. The second-order valence-corrected chi connectivity index (χ2v) is 3.75. The summed E-state index contributed by atoms with van der Waals surface area (Å²) < 4.78 is 12.9. The molecule has 2 rings (SSSR count). The molecule has 1 aromatic carbocycles. The molecule has 0 aliphatic carbocycles. The third-order valence-electron chi connectivity index (χ3n) is 2.71. The Morgan fingerprint density at radius 1 is 1.53 bits per heavy atom. The summed E-state index contributed by atoms with van der Waals surface area (Å²) in [5, 5.41) is 8.83.